The maximum absolute atomic E-state index is 13.3. The zero-order chi connectivity index (χ0) is 24.0. The third-order valence-corrected chi connectivity index (χ3v) is 9.96. The lowest BCUT2D eigenvalue weighted by Crippen LogP contribution is -2.49. The molecule has 0 unspecified atom stereocenters. The third kappa shape index (κ3) is 4.68. The summed E-state index contributed by atoms with van der Waals surface area (Å²) in [5.74, 6) is 0.344. The molecule has 9 heteroatoms. The van der Waals surface area contributed by atoms with Gasteiger partial charge in [-0.3, -0.25) is 9.79 Å². The summed E-state index contributed by atoms with van der Waals surface area (Å²) < 4.78 is 23.6. The Morgan fingerprint density at radius 2 is 1.74 bits per heavy atom. The van der Waals surface area contributed by atoms with Gasteiger partial charge in [-0.1, -0.05) is 30.0 Å². The number of aryl methyl sites for hydroxylation is 3. The van der Waals surface area contributed by atoms with Gasteiger partial charge in [0, 0.05) is 48.4 Å². The highest BCUT2D eigenvalue weighted by Crippen LogP contribution is 2.35. The lowest BCUT2D eigenvalue weighted by molar-refractivity contribution is 0.0747. The largest absolute Gasteiger partial charge is 0.368 e. The fourth-order valence-corrected chi connectivity index (χ4v) is 8.48. The summed E-state index contributed by atoms with van der Waals surface area (Å²) >= 11 is 1.49. The number of carbonyl (C=O) groups is 1. The standard InChI is InChI=1S/C25H30N4O3S2/c1-16-4-5-18(3)22(12-16)28-8-10-29(11-9-28)24(30)19-7-6-17(2)20(13-19)26-25-27-21-14-34(31,32)15-23(21)33-25/h4-7,12-13,21,23H,8-11,14-15H2,1-3H3,(H,26,27)/t21-,23-/m0/s1. The second kappa shape index (κ2) is 8.92. The summed E-state index contributed by atoms with van der Waals surface area (Å²) in [7, 11) is -2.98. The molecule has 34 heavy (non-hydrogen) atoms. The number of thioether (sulfide) groups is 1. The highest BCUT2D eigenvalue weighted by Gasteiger charge is 2.42. The van der Waals surface area contributed by atoms with Crippen molar-refractivity contribution >= 4 is 44.0 Å². The molecule has 2 saturated heterocycles. The van der Waals surface area contributed by atoms with Gasteiger partial charge < -0.3 is 15.1 Å². The van der Waals surface area contributed by atoms with Crippen molar-refractivity contribution < 1.29 is 13.2 Å². The molecule has 2 atom stereocenters. The number of amides is 1. The normalized spacial score (nSPS) is 23.6. The molecule has 1 amide bonds. The first-order valence-electron chi connectivity index (χ1n) is 11.6. The van der Waals surface area contributed by atoms with Crippen LogP contribution in [0.2, 0.25) is 0 Å². The number of carbonyl (C=O) groups excluding carboxylic acids is 1. The monoisotopic (exact) mass is 498 g/mol. The average molecular weight is 499 g/mol. The molecule has 2 aromatic carbocycles. The topological polar surface area (TPSA) is 82.1 Å². The summed E-state index contributed by atoms with van der Waals surface area (Å²) in [4.78, 5) is 22.1. The van der Waals surface area contributed by atoms with E-state index >= 15 is 0 Å². The third-order valence-electron chi connectivity index (χ3n) is 6.82. The molecule has 0 aliphatic carbocycles. The van der Waals surface area contributed by atoms with Gasteiger partial charge in [-0.2, -0.15) is 0 Å². The molecule has 3 aliphatic heterocycles. The number of hydrogen-bond donors (Lipinski definition) is 1. The van der Waals surface area contributed by atoms with E-state index in [-0.39, 0.29) is 28.7 Å². The van der Waals surface area contributed by atoms with E-state index in [0.717, 1.165) is 29.5 Å². The number of benzene rings is 2. The van der Waals surface area contributed by atoms with Crippen molar-refractivity contribution in [3.05, 3.63) is 58.7 Å². The molecule has 7 nitrogen and oxygen atoms in total. The molecule has 3 aliphatic rings. The Labute approximate surface area is 205 Å². The maximum atomic E-state index is 13.3. The number of aliphatic imine (C=N–C) groups is 1. The molecule has 180 valence electrons. The molecule has 0 bridgehead atoms. The fraction of sp³-hybridized carbons (Fsp3) is 0.440. The van der Waals surface area contributed by atoms with Crippen molar-refractivity contribution in [2.75, 3.05) is 47.9 Å². The molecule has 5 rings (SSSR count). The lowest BCUT2D eigenvalue weighted by Gasteiger charge is -2.37. The first kappa shape index (κ1) is 23.2. The van der Waals surface area contributed by atoms with Crippen LogP contribution in [-0.4, -0.2) is 73.4 Å². The van der Waals surface area contributed by atoms with Gasteiger partial charge in [0.25, 0.3) is 5.91 Å². The van der Waals surface area contributed by atoms with E-state index in [1.54, 1.807) is 0 Å². The minimum absolute atomic E-state index is 0.00837. The first-order chi connectivity index (χ1) is 16.2. The summed E-state index contributed by atoms with van der Waals surface area (Å²) in [6, 6.07) is 12.1. The SMILES string of the molecule is Cc1ccc(C)c(N2CCN(C(=O)c3ccc(C)c(NC4=N[C@H]5CS(=O)(=O)C[C@@H]5S4)c3)CC2)c1. The number of anilines is 2. The van der Waals surface area contributed by atoms with Crippen LogP contribution in [0.15, 0.2) is 41.4 Å². The van der Waals surface area contributed by atoms with Crippen LogP contribution in [-0.2, 0) is 9.84 Å². The van der Waals surface area contributed by atoms with Crippen molar-refractivity contribution in [2.45, 2.75) is 32.1 Å². The zero-order valence-electron chi connectivity index (χ0n) is 19.7. The predicted octanol–water partition coefficient (Wildman–Crippen LogP) is 3.25. The zero-order valence-corrected chi connectivity index (χ0v) is 21.4. The summed E-state index contributed by atoms with van der Waals surface area (Å²) in [5, 5.41) is 4.07. The molecule has 0 aromatic heterocycles. The van der Waals surface area contributed by atoms with Crippen LogP contribution >= 0.6 is 11.8 Å². The molecule has 2 aromatic rings. The number of piperazine rings is 1. The summed E-state index contributed by atoms with van der Waals surface area (Å²) in [6.45, 7) is 9.22. The molecular weight excluding hydrogens is 468 g/mol. The van der Waals surface area contributed by atoms with Gasteiger partial charge in [-0.25, -0.2) is 8.42 Å². The number of nitrogens with zero attached hydrogens (tertiary/aromatic N) is 3. The molecule has 0 spiro atoms. The maximum Gasteiger partial charge on any atom is 0.254 e. The average Bonchev–Trinajstić information content (AvgIpc) is 3.29. The van der Waals surface area contributed by atoms with E-state index in [9.17, 15) is 13.2 Å². The Kier molecular flexibility index (Phi) is 6.10. The van der Waals surface area contributed by atoms with E-state index < -0.39 is 9.84 Å². The van der Waals surface area contributed by atoms with Crippen molar-refractivity contribution in [1.82, 2.24) is 4.90 Å². The summed E-state index contributed by atoms with van der Waals surface area (Å²) in [6.07, 6.45) is 0. The second-order valence-electron chi connectivity index (χ2n) is 9.46. The number of nitrogens with one attached hydrogen (secondary N) is 1. The van der Waals surface area contributed by atoms with Crippen LogP contribution in [0.5, 0.6) is 0 Å². The Hall–Kier alpha value is -2.52. The number of rotatable bonds is 3. The van der Waals surface area contributed by atoms with Crippen molar-refractivity contribution in [1.29, 1.82) is 0 Å². The van der Waals surface area contributed by atoms with E-state index in [0.29, 0.717) is 18.7 Å². The minimum atomic E-state index is -2.98. The Bertz CT molecular complexity index is 1270. The quantitative estimate of drug-likeness (QED) is 0.700. The van der Waals surface area contributed by atoms with Crippen LogP contribution in [0, 0.1) is 20.8 Å². The molecule has 3 heterocycles. The van der Waals surface area contributed by atoms with Crippen LogP contribution in [0.4, 0.5) is 11.4 Å². The molecule has 0 radical (unpaired) electrons. The smallest absolute Gasteiger partial charge is 0.254 e. The molecule has 2 fully saturated rings. The van der Waals surface area contributed by atoms with Crippen molar-refractivity contribution in [3.63, 3.8) is 0 Å². The molecule has 0 saturated carbocycles. The van der Waals surface area contributed by atoms with E-state index in [1.807, 2.05) is 30.0 Å². The first-order valence-corrected chi connectivity index (χ1v) is 14.3. The van der Waals surface area contributed by atoms with Gasteiger partial charge in [0.1, 0.15) is 0 Å². The lowest BCUT2D eigenvalue weighted by atomic mass is 10.1. The van der Waals surface area contributed by atoms with Gasteiger partial charge in [0.15, 0.2) is 15.0 Å². The second-order valence-corrected chi connectivity index (χ2v) is 12.8. The number of amidine groups is 1. The van der Waals surface area contributed by atoms with E-state index in [2.05, 4.69) is 47.3 Å². The predicted molar refractivity (Wildman–Crippen MR) is 140 cm³/mol. The molecule has 1 N–H and O–H groups in total. The summed E-state index contributed by atoms with van der Waals surface area (Å²) in [5.41, 5.74) is 6.27. The van der Waals surface area contributed by atoms with Gasteiger partial charge in [-0.15, -0.1) is 0 Å². The van der Waals surface area contributed by atoms with Crippen molar-refractivity contribution in [3.8, 4) is 0 Å². The van der Waals surface area contributed by atoms with Crippen LogP contribution in [0.3, 0.4) is 0 Å². The van der Waals surface area contributed by atoms with Gasteiger partial charge >= 0.3 is 0 Å². The van der Waals surface area contributed by atoms with Gasteiger partial charge in [-0.05, 0) is 55.7 Å². The minimum Gasteiger partial charge on any atom is -0.368 e. The van der Waals surface area contributed by atoms with Gasteiger partial charge in [0.05, 0.1) is 17.5 Å². The highest BCUT2D eigenvalue weighted by molar-refractivity contribution is 8.15. The Morgan fingerprint density at radius 3 is 2.47 bits per heavy atom. The Morgan fingerprint density at radius 1 is 1.00 bits per heavy atom. The van der Waals surface area contributed by atoms with E-state index in [4.69, 9.17) is 0 Å². The van der Waals surface area contributed by atoms with Crippen LogP contribution in [0.1, 0.15) is 27.0 Å². The Balaban J connectivity index is 1.25. The van der Waals surface area contributed by atoms with Crippen molar-refractivity contribution in [2.24, 2.45) is 4.99 Å². The molecular formula is C25H30N4O3S2. The van der Waals surface area contributed by atoms with E-state index in [1.165, 1.54) is 28.6 Å². The number of sulfone groups is 1. The van der Waals surface area contributed by atoms with Crippen LogP contribution < -0.4 is 10.2 Å². The number of fused-ring (bicyclic) bond motifs is 1. The highest BCUT2D eigenvalue weighted by atomic mass is 32.2. The number of hydrogen-bond acceptors (Lipinski definition) is 7. The fourth-order valence-electron chi connectivity index (χ4n) is 4.81. The van der Waals surface area contributed by atoms with Gasteiger partial charge in [0.2, 0.25) is 0 Å². The van der Waals surface area contributed by atoms with Crippen LogP contribution in [0.25, 0.3) is 0 Å².